The van der Waals surface area contributed by atoms with Gasteiger partial charge in [0.1, 0.15) is 6.67 Å². The van der Waals surface area contributed by atoms with Gasteiger partial charge in [-0.3, -0.25) is 4.68 Å². The number of aryl methyl sites for hydroxylation is 1. The summed E-state index contributed by atoms with van der Waals surface area (Å²) in [5, 5.41) is 14.1. The molecule has 0 fully saturated rings. The van der Waals surface area contributed by atoms with Gasteiger partial charge in [0, 0.05) is 9.86 Å². The quantitative estimate of drug-likeness (QED) is 0.931. The summed E-state index contributed by atoms with van der Waals surface area (Å²) in [5.41, 5.74) is 1.43. The predicted octanol–water partition coefficient (Wildman–Crippen LogP) is 2.26. The number of hydrogen-bond donors (Lipinski definition) is 1. The molecule has 1 heterocycles. The summed E-state index contributed by atoms with van der Waals surface area (Å²) in [6, 6.07) is 5.61. The Morgan fingerprint density at radius 2 is 2.27 bits per heavy atom. The average molecular weight is 273 g/mol. The molecule has 80 valence electrons. The molecule has 5 heteroatoms. The van der Waals surface area contributed by atoms with Crippen molar-refractivity contribution < 1.29 is 9.50 Å². The Labute approximate surface area is 94.6 Å². The molecule has 2 aromatic rings. The van der Waals surface area contributed by atoms with Crippen LogP contribution in [0, 0.1) is 0 Å². The van der Waals surface area contributed by atoms with Crippen LogP contribution in [-0.4, -0.2) is 21.6 Å². The van der Waals surface area contributed by atoms with Crippen molar-refractivity contribution in [3.8, 4) is 0 Å². The van der Waals surface area contributed by atoms with Crippen LogP contribution in [0.1, 0.15) is 5.69 Å². The lowest BCUT2D eigenvalue weighted by molar-refractivity contribution is 0.276. The van der Waals surface area contributed by atoms with E-state index >= 15 is 0 Å². The van der Waals surface area contributed by atoms with Gasteiger partial charge in [-0.15, -0.1) is 0 Å². The Morgan fingerprint density at radius 3 is 2.93 bits per heavy atom. The van der Waals surface area contributed by atoms with E-state index in [0.29, 0.717) is 5.69 Å². The zero-order valence-electron chi connectivity index (χ0n) is 7.95. The lowest BCUT2D eigenvalue weighted by atomic mass is 10.2. The molecule has 0 aliphatic rings. The van der Waals surface area contributed by atoms with Gasteiger partial charge in [-0.2, -0.15) is 5.10 Å². The third-order valence-electron chi connectivity index (χ3n) is 2.24. The van der Waals surface area contributed by atoms with Gasteiger partial charge in [-0.1, -0.05) is 15.9 Å². The van der Waals surface area contributed by atoms with Crippen molar-refractivity contribution in [3.05, 3.63) is 28.4 Å². The van der Waals surface area contributed by atoms with E-state index in [2.05, 4.69) is 21.0 Å². The van der Waals surface area contributed by atoms with Crippen molar-refractivity contribution in [3.63, 3.8) is 0 Å². The van der Waals surface area contributed by atoms with E-state index in [4.69, 9.17) is 5.11 Å². The summed E-state index contributed by atoms with van der Waals surface area (Å²) < 4.78 is 14.8. The van der Waals surface area contributed by atoms with Gasteiger partial charge in [0.15, 0.2) is 0 Å². The van der Waals surface area contributed by atoms with E-state index in [1.54, 1.807) is 4.68 Å². The molecule has 1 aromatic carbocycles. The minimum atomic E-state index is -0.461. The van der Waals surface area contributed by atoms with Crippen LogP contribution in [0.3, 0.4) is 0 Å². The minimum Gasteiger partial charge on any atom is -0.390 e. The molecule has 0 bridgehead atoms. The number of aliphatic hydroxyl groups is 1. The second kappa shape index (κ2) is 4.28. The van der Waals surface area contributed by atoms with Crippen molar-refractivity contribution in [1.29, 1.82) is 0 Å². The maximum Gasteiger partial charge on any atom is 0.109 e. The van der Waals surface area contributed by atoms with Crippen LogP contribution in [0.4, 0.5) is 4.39 Å². The topological polar surface area (TPSA) is 38.1 Å². The number of aliphatic hydroxyl groups excluding tert-OH is 1. The van der Waals surface area contributed by atoms with Crippen LogP contribution >= 0.6 is 15.9 Å². The highest BCUT2D eigenvalue weighted by Gasteiger charge is 2.09. The summed E-state index contributed by atoms with van der Waals surface area (Å²) >= 11 is 3.35. The second-order valence-corrected chi connectivity index (χ2v) is 4.09. The molecule has 0 aliphatic heterocycles. The normalized spacial score (nSPS) is 11.1. The van der Waals surface area contributed by atoms with E-state index in [1.165, 1.54) is 0 Å². The van der Waals surface area contributed by atoms with Crippen molar-refractivity contribution >= 4 is 26.8 Å². The van der Waals surface area contributed by atoms with E-state index in [0.717, 1.165) is 15.4 Å². The molecule has 2 rings (SSSR count). The van der Waals surface area contributed by atoms with Crippen molar-refractivity contribution in [2.75, 3.05) is 6.67 Å². The monoisotopic (exact) mass is 272 g/mol. The van der Waals surface area contributed by atoms with E-state index in [9.17, 15) is 4.39 Å². The van der Waals surface area contributed by atoms with Crippen LogP contribution < -0.4 is 0 Å². The number of hydrogen-bond acceptors (Lipinski definition) is 2. The number of fused-ring (bicyclic) bond motifs is 1. The van der Waals surface area contributed by atoms with Crippen molar-refractivity contribution in [2.45, 2.75) is 13.2 Å². The van der Waals surface area contributed by atoms with Crippen LogP contribution in [-0.2, 0) is 13.2 Å². The highest BCUT2D eigenvalue weighted by molar-refractivity contribution is 9.10. The molecule has 1 N–H and O–H groups in total. The average Bonchev–Trinajstić information content (AvgIpc) is 2.56. The first kappa shape index (κ1) is 10.6. The molecule has 0 saturated heterocycles. The molecule has 1 aromatic heterocycles. The number of alkyl halides is 1. The smallest absolute Gasteiger partial charge is 0.109 e. The fourth-order valence-corrected chi connectivity index (χ4v) is 1.95. The number of halogens is 2. The van der Waals surface area contributed by atoms with Crippen molar-refractivity contribution in [2.24, 2.45) is 0 Å². The molecule has 15 heavy (non-hydrogen) atoms. The molecule has 0 unspecified atom stereocenters. The SMILES string of the molecule is OCc1nn(CCF)c2ccc(Br)cc12. The molecule has 0 spiro atoms. The standard InChI is InChI=1S/C10H10BrFN2O/c11-7-1-2-10-8(5-7)9(6-15)13-14(10)4-3-12/h1-2,5,15H,3-4,6H2. The van der Waals surface area contributed by atoms with E-state index in [1.807, 2.05) is 18.2 Å². The molecule has 0 radical (unpaired) electrons. The third kappa shape index (κ3) is 1.89. The number of benzene rings is 1. The fourth-order valence-electron chi connectivity index (χ4n) is 1.59. The van der Waals surface area contributed by atoms with Gasteiger partial charge < -0.3 is 5.11 Å². The lowest BCUT2D eigenvalue weighted by Crippen LogP contribution is -2.01. The first-order chi connectivity index (χ1) is 7.26. The highest BCUT2D eigenvalue weighted by atomic mass is 79.9. The first-order valence-corrected chi connectivity index (χ1v) is 5.37. The Hall–Kier alpha value is -0.940. The first-order valence-electron chi connectivity index (χ1n) is 4.58. The summed E-state index contributed by atoms with van der Waals surface area (Å²) in [6.07, 6.45) is 0. The Morgan fingerprint density at radius 1 is 1.47 bits per heavy atom. The molecule has 0 aliphatic carbocycles. The number of rotatable bonds is 3. The highest BCUT2D eigenvalue weighted by Crippen LogP contribution is 2.23. The predicted molar refractivity (Wildman–Crippen MR) is 59.3 cm³/mol. The molecule has 0 amide bonds. The number of nitrogens with zero attached hydrogens (tertiary/aromatic N) is 2. The fraction of sp³-hybridized carbons (Fsp3) is 0.300. The molecular weight excluding hydrogens is 263 g/mol. The largest absolute Gasteiger partial charge is 0.390 e. The Bertz CT molecular complexity index is 483. The zero-order chi connectivity index (χ0) is 10.8. The van der Waals surface area contributed by atoms with Crippen LogP contribution in [0.15, 0.2) is 22.7 Å². The van der Waals surface area contributed by atoms with Gasteiger partial charge in [-0.25, -0.2) is 4.39 Å². The Kier molecular flexibility index (Phi) is 3.02. The van der Waals surface area contributed by atoms with Gasteiger partial charge in [-0.05, 0) is 18.2 Å². The van der Waals surface area contributed by atoms with E-state index in [-0.39, 0.29) is 13.2 Å². The molecular formula is C10H10BrFN2O. The van der Waals surface area contributed by atoms with Crippen molar-refractivity contribution in [1.82, 2.24) is 9.78 Å². The lowest BCUT2D eigenvalue weighted by Gasteiger charge is -1.98. The minimum absolute atomic E-state index is 0.133. The Balaban J connectivity index is 2.64. The second-order valence-electron chi connectivity index (χ2n) is 3.18. The van der Waals surface area contributed by atoms with Crippen LogP contribution in [0.5, 0.6) is 0 Å². The maximum absolute atomic E-state index is 12.3. The summed E-state index contributed by atoms with van der Waals surface area (Å²) in [5.74, 6) is 0. The molecule has 3 nitrogen and oxygen atoms in total. The summed E-state index contributed by atoms with van der Waals surface area (Å²) in [6.45, 7) is -0.373. The summed E-state index contributed by atoms with van der Waals surface area (Å²) in [7, 11) is 0. The molecule has 0 saturated carbocycles. The van der Waals surface area contributed by atoms with Crippen LogP contribution in [0.25, 0.3) is 10.9 Å². The number of aromatic nitrogens is 2. The molecule has 0 atom stereocenters. The van der Waals surface area contributed by atoms with E-state index < -0.39 is 6.67 Å². The van der Waals surface area contributed by atoms with Gasteiger partial charge in [0.05, 0.1) is 24.4 Å². The maximum atomic E-state index is 12.3. The zero-order valence-corrected chi connectivity index (χ0v) is 9.54. The summed E-state index contributed by atoms with van der Waals surface area (Å²) in [4.78, 5) is 0. The third-order valence-corrected chi connectivity index (χ3v) is 2.73. The van der Waals surface area contributed by atoms with Gasteiger partial charge in [0.25, 0.3) is 0 Å². The van der Waals surface area contributed by atoms with Gasteiger partial charge >= 0.3 is 0 Å². The van der Waals surface area contributed by atoms with Crippen LogP contribution in [0.2, 0.25) is 0 Å². The van der Waals surface area contributed by atoms with Gasteiger partial charge in [0.2, 0.25) is 0 Å².